The van der Waals surface area contributed by atoms with Crippen LogP contribution in [0.15, 0.2) is 48.8 Å². The summed E-state index contributed by atoms with van der Waals surface area (Å²) in [6.45, 7) is 2.80. The Balaban J connectivity index is 1.94. The largest absolute Gasteiger partial charge is 0.496 e. The van der Waals surface area contributed by atoms with Gasteiger partial charge in [0.25, 0.3) is 0 Å². The highest BCUT2D eigenvalue weighted by atomic mass is 16.5. The van der Waals surface area contributed by atoms with Crippen LogP contribution in [0.2, 0.25) is 0 Å². The summed E-state index contributed by atoms with van der Waals surface area (Å²) in [4.78, 5) is 33.6. The summed E-state index contributed by atoms with van der Waals surface area (Å²) in [6, 6.07) is 10.8. The van der Waals surface area contributed by atoms with E-state index in [4.69, 9.17) is 4.74 Å². The first-order valence-corrected chi connectivity index (χ1v) is 9.81. The average molecular weight is 397 g/mol. The molecule has 2 atom stereocenters. The van der Waals surface area contributed by atoms with Crippen LogP contribution >= 0.6 is 0 Å². The summed E-state index contributed by atoms with van der Waals surface area (Å²) in [5.41, 5.74) is 1.70. The number of amides is 2. The Morgan fingerprint density at radius 2 is 2.10 bits per heavy atom. The van der Waals surface area contributed by atoms with E-state index in [9.17, 15) is 14.7 Å². The second-order valence-corrected chi connectivity index (χ2v) is 7.02. The number of likely N-dealkylation sites (tertiary alicyclic amines) is 1. The summed E-state index contributed by atoms with van der Waals surface area (Å²) in [7, 11) is 1.59. The van der Waals surface area contributed by atoms with Gasteiger partial charge in [0.15, 0.2) is 0 Å². The van der Waals surface area contributed by atoms with Crippen LogP contribution in [-0.4, -0.2) is 58.5 Å². The molecule has 2 heterocycles. The molecule has 1 N–H and O–H groups in total. The molecule has 154 valence electrons. The number of aliphatic hydroxyl groups is 1. The van der Waals surface area contributed by atoms with Gasteiger partial charge in [0.2, 0.25) is 11.8 Å². The molecule has 0 spiro atoms. The molecule has 0 aliphatic carbocycles. The van der Waals surface area contributed by atoms with Gasteiger partial charge in [-0.25, -0.2) is 0 Å². The molecule has 1 saturated heterocycles. The summed E-state index contributed by atoms with van der Waals surface area (Å²) in [5, 5.41) is 9.51. The van der Waals surface area contributed by atoms with Gasteiger partial charge in [-0.2, -0.15) is 0 Å². The molecule has 0 unspecified atom stereocenters. The van der Waals surface area contributed by atoms with Crippen molar-refractivity contribution in [1.29, 1.82) is 0 Å². The molecular weight excluding hydrogens is 370 g/mol. The van der Waals surface area contributed by atoms with Gasteiger partial charge in [-0.15, -0.1) is 0 Å². The Bertz CT molecular complexity index is 843. The molecule has 7 heteroatoms. The minimum atomic E-state index is -0.540. The number of carbonyl (C=O) groups is 2. The Hall–Kier alpha value is -2.93. The summed E-state index contributed by atoms with van der Waals surface area (Å²) < 4.78 is 5.51. The van der Waals surface area contributed by atoms with E-state index in [0.717, 1.165) is 11.1 Å². The number of aromatic nitrogens is 1. The number of rotatable bonds is 8. The fourth-order valence-electron chi connectivity index (χ4n) is 4.01. The molecule has 2 aromatic rings. The van der Waals surface area contributed by atoms with Crippen molar-refractivity contribution in [2.45, 2.75) is 25.9 Å². The molecule has 1 aliphatic heterocycles. The maximum Gasteiger partial charge on any atom is 0.229 e. The van der Waals surface area contributed by atoms with Gasteiger partial charge in [0.1, 0.15) is 5.75 Å². The van der Waals surface area contributed by atoms with Crippen molar-refractivity contribution < 1.29 is 19.4 Å². The number of hydrogen-bond acceptors (Lipinski definition) is 5. The van der Waals surface area contributed by atoms with E-state index in [2.05, 4.69) is 4.98 Å². The van der Waals surface area contributed by atoms with Gasteiger partial charge in [-0.05, 0) is 24.6 Å². The highest BCUT2D eigenvalue weighted by molar-refractivity contribution is 5.90. The fraction of sp³-hybridized carbons (Fsp3) is 0.409. The monoisotopic (exact) mass is 397 g/mol. The standard InChI is InChI=1S/C22H27N3O4/c1-3-25-20(27)13-18(21(25)17-8-4-5-9-19(17)29-2)22(28)24(11-12-26)15-16-7-6-10-23-14-16/h4-10,14,18,21,26H,3,11-13,15H2,1-2H3/t18-,21+/m1/s1. The second-order valence-electron chi connectivity index (χ2n) is 7.02. The summed E-state index contributed by atoms with van der Waals surface area (Å²) in [5.74, 6) is -0.0819. The number of benzene rings is 1. The minimum absolute atomic E-state index is 0.0490. The zero-order valence-electron chi connectivity index (χ0n) is 16.8. The first-order chi connectivity index (χ1) is 14.1. The number of carbonyl (C=O) groups excluding carboxylic acids is 2. The molecule has 1 aromatic carbocycles. The highest BCUT2D eigenvalue weighted by Gasteiger charge is 2.46. The molecule has 3 rings (SSSR count). The van der Waals surface area contributed by atoms with E-state index < -0.39 is 12.0 Å². The Morgan fingerprint density at radius 1 is 1.31 bits per heavy atom. The second kappa shape index (κ2) is 9.52. The van der Waals surface area contributed by atoms with Crippen molar-refractivity contribution in [3.05, 3.63) is 59.9 Å². The van der Waals surface area contributed by atoms with E-state index in [1.54, 1.807) is 29.3 Å². The van der Waals surface area contributed by atoms with Crippen molar-refractivity contribution in [2.24, 2.45) is 5.92 Å². The number of nitrogens with zero attached hydrogens (tertiary/aromatic N) is 3. The van der Waals surface area contributed by atoms with E-state index in [1.165, 1.54) is 0 Å². The topological polar surface area (TPSA) is 83.0 Å². The third kappa shape index (κ3) is 4.40. The van der Waals surface area contributed by atoms with Crippen LogP contribution < -0.4 is 4.74 Å². The SMILES string of the molecule is CCN1C(=O)C[C@@H](C(=O)N(CCO)Cc2cccnc2)[C@@H]1c1ccccc1OC. The van der Waals surface area contributed by atoms with E-state index in [-0.39, 0.29) is 31.4 Å². The maximum absolute atomic E-state index is 13.5. The smallest absolute Gasteiger partial charge is 0.229 e. The average Bonchev–Trinajstić information content (AvgIpc) is 3.09. The van der Waals surface area contributed by atoms with Crippen LogP contribution in [-0.2, 0) is 16.1 Å². The number of ether oxygens (including phenoxy) is 1. The molecule has 1 aliphatic rings. The van der Waals surface area contributed by atoms with Gasteiger partial charge < -0.3 is 19.6 Å². The number of aliphatic hydroxyl groups excluding tert-OH is 1. The van der Waals surface area contributed by atoms with Crippen molar-refractivity contribution in [3.63, 3.8) is 0 Å². The van der Waals surface area contributed by atoms with Crippen molar-refractivity contribution in [2.75, 3.05) is 26.8 Å². The number of para-hydroxylation sites is 1. The quantitative estimate of drug-likeness (QED) is 0.737. The highest BCUT2D eigenvalue weighted by Crippen LogP contribution is 2.42. The number of methoxy groups -OCH3 is 1. The maximum atomic E-state index is 13.5. The summed E-state index contributed by atoms with van der Waals surface area (Å²) >= 11 is 0. The van der Waals surface area contributed by atoms with Crippen LogP contribution in [0.3, 0.4) is 0 Å². The molecular formula is C22H27N3O4. The lowest BCUT2D eigenvalue weighted by molar-refractivity contribution is -0.137. The lowest BCUT2D eigenvalue weighted by Crippen LogP contribution is -2.40. The van der Waals surface area contributed by atoms with Crippen LogP contribution in [0.25, 0.3) is 0 Å². The van der Waals surface area contributed by atoms with Crippen LogP contribution in [0.1, 0.15) is 30.5 Å². The van der Waals surface area contributed by atoms with Crippen LogP contribution in [0, 0.1) is 5.92 Å². The Morgan fingerprint density at radius 3 is 2.76 bits per heavy atom. The molecule has 7 nitrogen and oxygen atoms in total. The fourth-order valence-corrected chi connectivity index (χ4v) is 4.01. The molecule has 1 fully saturated rings. The molecule has 29 heavy (non-hydrogen) atoms. The van der Waals surface area contributed by atoms with E-state index >= 15 is 0 Å². The molecule has 0 bridgehead atoms. The van der Waals surface area contributed by atoms with Gasteiger partial charge in [0.05, 0.1) is 25.7 Å². The number of hydrogen-bond donors (Lipinski definition) is 1. The van der Waals surface area contributed by atoms with Gasteiger partial charge in [-0.1, -0.05) is 24.3 Å². The van der Waals surface area contributed by atoms with Crippen LogP contribution in [0.5, 0.6) is 5.75 Å². The predicted molar refractivity (Wildman–Crippen MR) is 108 cm³/mol. The van der Waals surface area contributed by atoms with Crippen molar-refractivity contribution >= 4 is 11.8 Å². The molecule has 0 saturated carbocycles. The normalized spacial score (nSPS) is 18.7. The van der Waals surface area contributed by atoms with Gasteiger partial charge >= 0.3 is 0 Å². The summed E-state index contributed by atoms with van der Waals surface area (Å²) in [6.07, 6.45) is 3.52. The first kappa shape index (κ1) is 20.8. The van der Waals surface area contributed by atoms with Crippen molar-refractivity contribution in [3.8, 4) is 5.75 Å². The number of pyridine rings is 1. The molecule has 2 amide bonds. The molecule has 0 radical (unpaired) electrons. The molecule has 1 aromatic heterocycles. The van der Waals surface area contributed by atoms with Gasteiger partial charge in [0, 0.05) is 44.0 Å². The third-order valence-corrected chi connectivity index (χ3v) is 5.33. The predicted octanol–water partition coefficient (Wildman–Crippen LogP) is 2.02. The zero-order chi connectivity index (χ0) is 20.8. The lowest BCUT2D eigenvalue weighted by Gasteiger charge is -2.31. The third-order valence-electron chi connectivity index (χ3n) is 5.33. The van der Waals surface area contributed by atoms with E-state index in [1.807, 2.05) is 43.3 Å². The van der Waals surface area contributed by atoms with Crippen LogP contribution in [0.4, 0.5) is 0 Å². The Labute approximate surface area is 170 Å². The Kier molecular flexibility index (Phi) is 6.82. The van der Waals surface area contributed by atoms with Crippen molar-refractivity contribution in [1.82, 2.24) is 14.8 Å². The minimum Gasteiger partial charge on any atom is -0.496 e. The lowest BCUT2D eigenvalue weighted by atomic mass is 9.91. The first-order valence-electron chi connectivity index (χ1n) is 9.81. The zero-order valence-corrected chi connectivity index (χ0v) is 16.8. The van der Waals surface area contributed by atoms with E-state index in [0.29, 0.717) is 18.8 Å². The van der Waals surface area contributed by atoms with Gasteiger partial charge in [-0.3, -0.25) is 14.6 Å².